The fourth-order valence-electron chi connectivity index (χ4n) is 1.37. The van der Waals surface area contributed by atoms with E-state index in [4.69, 9.17) is 15.9 Å². The topological polar surface area (TPSA) is 127 Å². The first-order valence-electron chi connectivity index (χ1n) is 6.31. The normalized spacial score (nSPS) is 12.2. The molecular weight excluding hydrogens is 264 g/mol. The van der Waals surface area contributed by atoms with Crippen LogP contribution in [-0.4, -0.2) is 43.3 Å². The molecule has 0 aliphatic heterocycles. The maximum absolute atomic E-state index is 11.6. The van der Waals surface area contributed by atoms with E-state index in [1.165, 1.54) is 7.11 Å². The lowest BCUT2D eigenvalue weighted by Crippen LogP contribution is -2.44. The van der Waals surface area contributed by atoms with Gasteiger partial charge in [0.2, 0.25) is 0 Å². The molecule has 0 saturated heterocycles. The van der Waals surface area contributed by atoms with Gasteiger partial charge in [-0.15, -0.1) is 0 Å². The predicted molar refractivity (Wildman–Crippen MR) is 74.3 cm³/mol. The molecule has 0 aliphatic carbocycles. The number of nitrogens with two attached hydrogens (primary N) is 1. The van der Waals surface area contributed by atoms with Crippen LogP contribution in [0.25, 0.3) is 0 Å². The molecule has 1 atom stereocenters. The number of carbonyl (C=O) groups is 2. The van der Waals surface area contributed by atoms with Crippen LogP contribution in [0.5, 0.6) is 0 Å². The third-order valence-electron chi connectivity index (χ3n) is 2.16. The average molecular weight is 288 g/mol. The van der Waals surface area contributed by atoms with E-state index in [-0.39, 0.29) is 5.96 Å². The molecule has 0 rings (SSSR count). The van der Waals surface area contributed by atoms with Gasteiger partial charge in [0.25, 0.3) is 0 Å². The number of esters is 1. The van der Waals surface area contributed by atoms with E-state index in [0.717, 1.165) is 0 Å². The fourth-order valence-corrected chi connectivity index (χ4v) is 1.37. The Morgan fingerprint density at radius 3 is 2.40 bits per heavy atom. The van der Waals surface area contributed by atoms with Gasteiger partial charge in [-0.2, -0.15) is 0 Å². The van der Waals surface area contributed by atoms with Crippen molar-refractivity contribution in [1.82, 2.24) is 10.6 Å². The molecule has 0 fully saturated rings. The third kappa shape index (κ3) is 9.01. The minimum absolute atomic E-state index is 0.139. The molecule has 116 valence electrons. The molecule has 0 radical (unpaired) electrons. The largest absolute Gasteiger partial charge is 0.467 e. The van der Waals surface area contributed by atoms with Crippen molar-refractivity contribution in [1.29, 1.82) is 5.41 Å². The predicted octanol–water partition coefficient (Wildman–Crippen LogP) is 0.316. The summed E-state index contributed by atoms with van der Waals surface area (Å²) in [5.74, 6) is -0.682. The standard InChI is InChI=1S/C12H24N4O4/c1-12(2,3)20-11(18)16-8(9(17)19-4)6-5-7-15-10(13)14/h8H,5-7H2,1-4H3,(H,16,18)(H4,13,14,15). The monoisotopic (exact) mass is 288 g/mol. The van der Waals surface area contributed by atoms with Gasteiger partial charge in [0.15, 0.2) is 5.96 Å². The highest BCUT2D eigenvalue weighted by atomic mass is 16.6. The van der Waals surface area contributed by atoms with Gasteiger partial charge in [-0.1, -0.05) is 0 Å². The van der Waals surface area contributed by atoms with E-state index >= 15 is 0 Å². The summed E-state index contributed by atoms with van der Waals surface area (Å²) in [5, 5.41) is 12.1. The second-order valence-electron chi connectivity index (χ2n) is 5.20. The third-order valence-corrected chi connectivity index (χ3v) is 2.16. The number of guanidine groups is 1. The van der Waals surface area contributed by atoms with Crippen molar-refractivity contribution in [2.45, 2.75) is 45.3 Å². The van der Waals surface area contributed by atoms with E-state index in [1.807, 2.05) is 0 Å². The van der Waals surface area contributed by atoms with Crippen molar-refractivity contribution in [3.8, 4) is 0 Å². The molecule has 0 aromatic carbocycles. The summed E-state index contributed by atoms with van der Waals surface area (Å²) in [4.78, 5) is 23.2. The van der Waals surface area contributed by atoms with Gasteiger partial charge in [-0.05, 0) is 33.6 Å². The van der Waals surface area contributed by atoms with Crippen LogP contribution in [0.15, 0.2) is 0 Å². The zero-order valence-corrected chi connectivity index (χ0v) is 12.4. The molecule has 0 spiro atoms. The van der Waals surface area contributed by atoms with E-state index < -0.39 is 23.7 Å². The van der Waals surface area contributed by atoms with Crippen molar-refractivity contribution in [2.24, 2.45) is 5.73 Å². The quantitative estimate of drug-likeness (QED) is 0.241. The lowest BCUT2D eigenvalue weighted by atomic mass is 10.1. The Morgan fingerprint density at radius 2 is 1.95 bits per heavy atom. The molecule has 0 aromatic rings. The smallest absolute Gasteiger partial charge is 0.408 e. The number of amides is 1. The van der Waals surface area contributed by atoms with E-state index in [0.29, 0.717) is 19.4 Å². The van der Waals surface area contributed by atoms with Crippen LogP contribution < -0.4 is 16.4 Å². The van der Waals surface area contributed by atoms with Gasteiger partial charge in [0.1, 0.15) is 11.6 Å². The molecule has 8 heteroatoms. The lowest BCUT2D eigenvalue weighted by Gasteiger charge is -2.22. The molecule has 5 N–H and O–H groups in total. The first kappa shape index (κ1) is 18.0. The summed E-state index contributed by atoms with van der Waals surface area (Å²) in [5.41, 5.74) is 4.50. The van der Waals surface area contributed by atoms with Gasteiger partial charge in [0.05, 0.1) is 7.11 Å². The van der Waals surface area contributed by atoms with Gasteiger partial charge in [-0.25, -0.2) is 9.59 Å². The molecule has 0 saturated carbocycles. The summed E-state index contributed by atoms with van der Waals surface area (Å²) in [6, 6.07) is -0.788. The molecule has 20 heavy (non-hydrogen) atoms. The van der Waals surface area contributed by atoms with Crippen molar-refractivity contribution in [3.05, 3.63) is 0 Å². The van der Waals surface area contributed by atoms with Crippen molar-refractivity contribution in [3.63, 3.8) is 0 Å². The molecule has 0 aliphatic rings. The zero-order valence-electron chi connectivity index (χ0n) is 12.4. The highest BCUT2D eigenvalue weighted by Crippen LogP contribution is 2.08. The van der Waals surface area contributed by atoms with Crippen LogP contribution in [0.2, 0.25) is 0 Å². The number of rotatable bonds is 6. The summed E-state index contributed by atoms with van der Waals surface area (Å²) in [7, 11) is 1.25. The van der Waals surface area contributed by atoms with Crippen LogP contribution in [0.4, 0.5) is 4.79 Å². The number of hydrogen-bond donors (Lipinski definition) is 4. The van der Waals surface area contributed by atoms with Crippen molar-refractivity contribution in [2.75, 3.05) is 13.7 Å². The first-order chi connectivity index (χ1) is 9.15. The molecule has 1 unspecified atom stereocenters. The summed E-state index contributed by atoms with van der Waals surface area (Å²) < 4.78 is 9.70. The second-order valence-corrected chi connectivity index (χ2v) is 5.20. The van der Waals surface area contributed by atoms with Gasteiger partial charge in [-0.3, -0.25) is 5.41 Å². The van der Waals surface area contributed by atoms with Gasteiger partial charge < -0.3 is 25.8 Å². The summed E-state index contributed by atoms with van der Waals surface area (Å²) >= 11 is 0. The minimum Gasteiger partial charge on any atom is -0.467 e. The summed E-state index contributed by atoms with van der Waals surface area (Å²) in [6.07, 6.45) is 0.217. The Labute approximate surface area is 118 Å². The van der Waals surface area contributed by atoms with E-state index in [2.05, 4.69) is 15.4 Å². The highest BCUT2D eigenvalue weighted by molar-refractivity contribution is 5.81. The number of carbonyl (C=O) groups excluding carboxylic acids is 2. The van der Waals surface area contributed by atoms with Crippen LogP contribution >= 0.6 is 0 Å². The molecule has 8 nitrogen and oxygen atoms in total. The highest BCUT2D eigenvalue weighted by Gasteiger charge is 2.24. The van der Waals surface area contributed by atoms with Crippen molar-refractivity contribution < 1.29 is 19.1 Å². The molecule has 0 heterocycles. The van der Waals surface area contributed by atoms with Gasteiger partial charge >= 0.3 is 12.1 Å². The summed E-state index contributed by atoms with van der Waals surface area (Å²) in [6.45, 7) is 5.63. The Bertz CT molecular complexity index is 352. The maximum Gasteiger partial charge on any atom is 0.408 e. The molecule has 0 aromatic heterocycles. The first-order valence-corrected chi connectivity index (χ1v) is 6.31. The van der Waals surface area contributed by atoms with Crippen LogP contribution in [0.3, 0.4) is 0 Å². The SMILES string of the molecule is COC(=O)C(CCCNC(=N)N)NC(=O)OC(C)(C)C. The Balaban J connectivity index is 4.32. The number of alkyl carbamates (subject to hydrolysis) is 1. The number of hydrogen-bond acceptors (Lipinski definition) is 5. The number of methoxy groups -OCH3 is 1. The average Bonchev–Trinajstić information content (AvgIpc) is 2.29. The molecule has 1 amide bonds. The Morgan fingerprint density at radius 1 is 1.35 bits per heavy atom. The molecular formula is C12H24N4O4. The van der Waals surface area contributed by atoms with E-state index in [9.17, 15) is 9.59 Å². The fraction of sp³-hybridized carbons (Fsp3) is 0.750. The van der Waals surface area contributed by atoms with Gasteiger partial charge in [0, 0.05) is 6.54 Å². The van der Waals surface area contributed by atoms with Crippen LogP contribution in [0, 0.1) is 5.41 Å². The lowest BCUT2D eigenvalue weighted by molar-refractivity contribution is -0.143. The number of ether oxygens (including phenoxy) is 2. The minimum atomic E-state index is -0.788. The van der Waals surface area contributed by atoms with Crippen LogP contribution in [-0.2, 0) is 14.3 Å². The molecule has 0 bridgehead atoms. The Hall–Kier alpha value is -1.99. The van der Waals surface area contributed by atoms with E-state index in [1.54, 1.807) is 20.8 Å². The maximum atomic E-state index is 11.6. The second kappa shape index (κ2) is 8.23. The van der Waals surface area contributed by atoms with Crippen LogP contribution in [0.1, 0.15) is 33.6 Å². The number of nitrogens with one attached hydrogen (secondary N) is 3. The van der Waals surface area contributed by atoms with Crippen molar-refractivity contribution >= 4 is 18.0 Å². The zero-order chi connectivity index (χ0) is 15.8. The Kier molecular flexibility index (Phi) is 7.42.